The lowest BCUT2D eigenvalue weighted by atomic mass is 9.89. The van der Waals surface area contributed by atoms with Gasteiger partial charge in [-0.2, -0.15) is 5.10 Å². The lowest BCUT2D eigenvalue weighted by Crippen LogP contribution is -2.58. The maximum Gasteiger partial charge on any atom is 0.244 e. The molecule has 0 bridgehead atoms. The zero-order chi connectivity index (χ0) is 19.5. The van der Waals surface area contributed by atoms with Crippen molar-refractivity contribution in [2.24, 2.45) is 0 Å². The molecule has 0 unspecified atom stereocenters. The molecule has 2 fully saturated rings. The van der Waals surface area contributed by atoms with E-state index in [2.05, 4.69) is 10.00 Å². The third kappa shape index (κ3) is 5.76. The molecule has 0 radical (unpaired) electrons. The van der Waals surface area contributed by atoms with Gasteiger partial charge in [0.05, 0.1) is 24.2 Å². The van der Waals surface area contributed by atoms with Gasteiger partial charge in [-0.1, -0.05) is 0 Å². The fourth-order valence-corrected chi connectivity index (χ4v) is 4.54. The van der Waals surface area contributed by atoms with Crippen LogP contribution in [0, 0.1) is 6.92 Å². The summed E-state index contributed by atoms with van der Waals surface area (Å²) in [7, 11) is -2.90. The van der Waals surface area contributed by atoms with Crippen LogP contribution in [0.1, 0.15) is 24.8 Å². The molecule has 0 aromatic carbocycles. The van der Waals surface area contributed by atoms with E-state index in [9.17, 15) is 13.2 Å². The molecule has 0 atom stereocenters. The lowest BCUT2D eigenvalue weighted by molar-refractivity contribution is -0.160. The Morgan fingerprint density at radius 3 is 2.67 bits per heavy atom. The third-order valence-corrected chi connectivity index (χ3v) is 6.45. The zero-order valence-electron chi connectivity index (χ0n) is 16.3. The first kappa shape index (κ1) is 20.3. The van der Waals surface area contributed by atoms with E-state index in [1.54, 1.807) is 10.9 Å². The van der Waals surface area contributed by atoms with Gasteiger partial charge < -0.3 is 14.5 Å². The van der Waals surface area contributed by atoms with Gasteiger partial charge in [0, 0.05) is 38.6 Å². The molecule has 9 heteroatoms. The van der Waals surface area contributed by atoms with Crippen LogP contribution in [0.3, 0.4) is 0 Å². The summed E-state index contributed by atoms with van der Waals surface area (Å²) in [6.07, 6.45) is 7.33. The van der Waals surface area contributed by atoms with Crippen LogP contribution in [-0.4, -0.2) is 90.8 Å². The number of nitrogens with zero attached hydrogens (tertiary/aromatic N) is 4. The number of carbonyl (C=O) groups excluding carboxylic acids is 1. The first-order chi connectivity index (χ1) is 12.7. The van der Waals surface area contributed by atoms with Crippen molar-refractivity contribution in [1.82, 2.24) is 19.6 Å². The van der Waals surface area contributed by atoms with Crippen LogP contribution in [0.4, 0.5) is 0 Å². The molecule has 0 saturated carbocycles. The fraction of sp³-hybridized carbons (Fsp3) is 0.778. The van der Waals surface area contributed by atoms with Crippen molar-refractivity contribution < 1.29 is 17.9 Å². The molecule has 2 aliphatic rings. The standard InChI is InChI=1S/C18H30N4O4S/c1-16-12-19-22(13-16)14-17(23)21-9-10-26-18(15-21)4-7-20(8-5-18)6-3-11-27(2,24)25/h12-13H,3-11,14-15H2,1-2H3. The summed E-state index contributed by atoms with van der Waals surface area (Å²) in [6, 6.07) is 0. The number of ether oxygens (including phenoxy) is 1. The van der Waals surface area contributed by atoms with Crippen LogP contribution in [0.15, 0.2) is 12.4 Å². The van der Waals surface area contributed by atoms with Gasteiger partial charge in [-0.25, -0.2) is 8.42 Å². The molecule has 2 saturated heterocycles. The Bertz CT molecular complexity index is 753. The Labute approximate surface area is 161 Å². The minimum Gasteiger partial charge on any atom is -0.371 e. The molecule has 1 aromatic heterocycles. The largest absolute Gasteiger partial charge is 0.371 e. The van der Waals surface area contributed by atoms with Crippen LogP contribution in [-0.2, 0) is 25.9 Å². The Morgan fingerprint density at radius 1 is 1.30 bits per heavy atom. The van der Waals surface area contributed by atoms with Crippen molar-refractivity contribution >= 4 is 15.7 Å². The minimum absolute atomic E-state index is 0.0800. The van der Waals surface area contributed by atoms with E-state index in [0.717, 1.165) is 38.0 Å². The van der Waals surface area contributed by atoms with Gasteiger partial charge in [-0.3, -0.25) is 9.48 Å². The Morgan fingerprint density at radius 2 is 2.04 bits per heavy atom. The predicted molar refractivity (Wildman–Crippen MR) is 102 cm³/mol. The topological polar surface area (TPSA) is 84.7 Å². The highest BCUT2D eigenvalue weighted by molar-refractivity contribution is 7.90. The van der Waals surface area contributed by atoms with Gasteiger partial charge in [0.25, 0.3) is 0 Å². The molecular weight excluding hydrogens is 368 g/mol. The second-order valence-corrected chi connectivity index (χ2v) is 10.1. The van der Waals surface area contributed by atoms with E-state index in [1.807, 2.05) is 18.0 Å². The van der Waals surface area contributed by atoms with Gasteiger partial charge in [-0.05, 0) is 38.3 Å². The number of aryl methyl sites for hydroxylation is 1. The molecule has 1 aromatic rings. The number of carbonyl (C=O) groups is 1. The number of piperidine rings is 1. The van der Waals surface area contributed by atoms with E-state index in [-0.39, 0.29) is 23.8 Å². The molecule has 8 nitrogen and oxygen atoms in total. The molecule has 1 amide bonds. The Hall–Kier alpha value is -1.45. The van der Waals surface area contributed by atoms with E-state index in [4.69, 9.17) is 4.74 Å². The zero-order valence-corrected chi connectivity index (χ0v) is 17.1. The molecule has 27 heavy (non-hydrogen) atoms. The number of sulfone groups is 1. The SMILES string of the molecule is Cc1cnn(CC(=O)N2CCOC3(CCN(CCCS(C)(=O)=O)CC3)C2)c1. The fourth-order valence-electron chi connectivity index (χ4n) is 3.89. The van der Waals surface area contributed by atoms with Crippen molar-refractivity contribution in [2.45, 2.75) is 38.3 Å². The van der Waals surface area contributed by atoms with Crippen molar-refractivity contribution in [3.63, 3.8) is 0 Å². The number of morpholine rings is 1. The highest BCUT2D eigenvalue weighted by atomic mass is 32.2. The summed E-state index contributed by atoms with van der Waals surface area (Å²) in [4.78, 5) is 16.8. The van der Waals surface area contributed by atoms with Gasteiger partial charge in [0.1, 0.15) is 16.4 Å². The molecule has 3 heterocycles. The predicted octanol–water partition coefficient (Wildman–Crippen LogP) is 0.320. The van der Waals surface area contributed by atoms with Crippen LogP contribution in [0.25, 0.3) is 0 Å². The summed E-state index contributed by atoms with van der Waals surface area (Å²) in [5.41, 5.74) is 0.783. The van der Waals surface area contributed by atoms with Crippen LogP contribution in [0.5, 0.6) is 0 Å². The molecule has 3 rings (SSSR count). The van der Waals surface area contributed by atoms with Crippen molar-refractivity contribution in [2.75, 3.05) is 51.3 Å². The van der Waals surface area contributed by atoms with Crippen molar-refractivity contribution in [1.29, 1.82) is 0 Å². The molecule has 0 aliphatic carbocycles. The summed E-state index contributed by atoms with van der Waals surface area (Å²) < 4.78 is 30.3. The van der Waals surface area contributed by atoms with Gasteiger partial charge in [0.2, 0.25) is 5.91 Å². The normalized spacial score (nSPS) is 20.9. The third-order valence-electron chi connectivity index (χ3n) is 5.42. The van der Waals surface area contributed by atoms with Crippen molar-refractivity contribution in [3.05, 3.63) is 18.0 Å². The van der Waals surface area contributed by atoms with E-state index >= 15 is 0 Å². The number of aromatic nitrogens is 2. The van der Waals surface area contributed by atoms with Crippen molar-refractivity contribution in [3.8, 4) is 0 Å². The highest BCUT2D eigenvalue weighted by Crippen LogP contribution is 2.30. The maximum absolute atomic E-state index is 12.6. The van der Waals surface area contributed by atoms with E-state index in [0.29, 0.717) is 26.1 Å². The smallest absolute Gasteiger partial charge is 0.244 e. The average molecular weight is 399 g/mol. The van der Waals surface area contributed by atoms with Crippen LogP contribution >= 0.6 is 0 Å². The molecule has 1 spiro atoms. The van der Waals surface area contributed by atoms with Gasteiger partial charge in [0.15, 0.2) is 0 Å². The Kier molecular flexibility index (Phi) is 6.22. The number of rotatable bonds is 6. The first-order valence-electron chi connectivity index (χ1n) is 9.56. The number of likely N-dealkylation sites (tertiary alicyclic amines) is 1. The molecule has 152 valence electrons. The summed E-state index contributed by atoms with van der Waals surface area (Å²) in [5, 5.41) is 4.20. The number of amides is 1. The first-order valence-corrected chi connectivity index (χ1v) is 11.6. The summed E-state index contributed by atoms with van der Waals surface area (Å²) >= 11 is 0. The van der Waals surface area contributed by atoms with Crippen LogP contribution in [0.2, 0.25) is 0 Å². The Balaban J connectivity index is 1.48. The van der Waals surface area contributed by atoms with Gasteiger partial charge >= 0.3 is 0 Å². The second-order valence-electron chi connectivity index (χ2n) is 7.89. The molecule has 2 aliphatic heterocycles. The summed E-state index contributed by atoms with van der Waals surface area (Å²) in [6.45, 7) is 6.60. The minimum atomic E-state index is -2.90. The number of hydrogen-bond donors (Lipinski definition) is 0. The monoisotopic (exact) mass is 398 g/mol. The maximum atomic E-state index is 12.6. The lowest BCUT2D eigenvalue weighted by Gasteiger charge is -2.47. The quantitative estimate of drug-likeness (QED) is 0.686. The second kappa shape index (κ2) is 8.28. The van der Waals surface area contributed by atoms with E-state index < -0.39 is 9.84 Å². The molecular formula is C18H30N4O4S. The van der Waals surface area contributed by atoms with Gasteiger partial charge in [-0.15, -0.1) is 0 Å². The molecule has 0 N–H and O–H groups in total. The summed E-state index contributed by atoms with van der Waals surface area (Å²) in [5.74, 6) is 0.316. The number of hydrogen-bond acceptors (Lipinski definition) is 6. The van der Waals surface area contributed by atoms with E-state index in [1.165, 1.54) is 6.26 Å². The highest BCUT2D eigenvalue weighted by Gasteiger charge is 2.40. The van der Waals surface area contributed by atoms with Crippen LogP contribution < -0.4 is 0 Å². The average Bonchev–Trinajstić information content (AvgIpc) is 3.01.